The molecule has 2 heterocycles. The summed E-state index contributed by atoms with van der Waals surface area (Å²) in [4.78, 5) is 18.6. The maximum Gasteiger partial charge on any atom is 0.371 e. The topological polar surface area (TPSA) is 96.7 Å². The molecule has 2 aromatic heterocycles. The number of para-hydroxylation sites is 1. The predicted molar refractivity (Wildman–Crippen MR) is 109 cm³/mol. The number of nitrogens with zero attached hydrogens (tertiary/aromatic N) is 4. The van der Waals surface area contributed by atoms with E-state index in [4.69, 9.17) is 0 Å². The highest BCUT2D eigenvalue weighted by Crippen LogP contribution is 2.32. The van der Waals surface area contributed by atoms with Crippen LogP contribution >= 0.6 is 0 Å². The minimum Gasteiger partial charge on any atom is -0.475 e. The van der Waals surface area contributed by atoms with Crippen LogP contribution in [0.3, 0.4) is 0 Å². The number of carboxylic acids is 1. The molecule has 0 radical (unpaired) electrons. The number of carboxylic acid groups (broad SMARTS) is 1. The summed E-state index contributed by atoms with van der Waals surface area (Å²) in [5, 5.41) is 17.8. The molecule has 2 N–H and O–H groups in total. The van der Waals surface area contributed by atoms with E-state index < -0.39 is 5.97 Å². The molecule has 0 unspecified atom stereocenters. The number of fused-ring (bicyclic) bond motifs is 1. The number of aromatic amines is 1. The molecule has 0 saturated carbocycles. The van der Waals surface area contributed by atoms with Gasteiger partial charge in [-0.3, -0.25) is 0 Å². The SMILES string of the molecule is O=C(O)c1nc(-c2ccc3nnn(-c4ccccc4)c3c2)c(-c2ccc(F)cc2)[nH]1. The van der Waals surface area contributed by atoms with Gasteiger partial charge in [0.15, 0.2) is 0 Å². The fourth-order valence-electron chi connectivity index (χ4n) is 3.33. The Balaban J connectivity index is 1.70. The predicted octanol–water partition coefficient (Wildman–Crippen LogP) is 4.31. The second kappa shape index (κ2) is 6.93. The Hall–Kier alpha value is -4.33. The largest absolute Gasteiger partial charge is 0.475 e. The van der Waals surface area contributed by atoms with E-state index in [1.165, 1.54) is 12.1 Å². The Labute approximate surface area is 169 Å². The molecule has 0 fully saturated rings. The maximum absolute atomic E-state index is 13.4. The summed E-state index contributed by atoms with van der Waals surface area (Å²) in [6, 6.07) is 20.8. The number of rotatable bonds is 4. The summed E-state index contributed by atoms with van der Waals surface area (Å²) in [7, 11) is 0. The van der Waals surface area contributed by atoms with E-state index in [0.29, 0.717) is 28.0 Å². The minimum atomic E-state index is -1.18. The molecule has 0 saturated heterocycles. The van der Waals surface area contributed by atoms with E-state index >= 15 is 0 Å². The number of nitrogens with one attached hydrogen (secondary N) is 1. The highest BCUT2D eigenvalue weighted by atomic mass is 19.1. The first-order chi connectivity index (χ1) is 14.6. The third kappa shape index (κ3) is 3.00. The third-order valence-electron chi connectivity index (χ3n) is 4.76. The molecular formula is C22H14FN5O2. The monoisotopic (exact) mass is 399 g/mol. The number of aromatic nitrogens is 5. The van der Waals surface area contributed by atoms with E-state index in [0.717, 1.165) is 11.2 Å². The van der Waals surface area contributed by atoms with Crippen molar-refractivity contribution in [1.29, 1.82) is 0 Å². The van der Waals surface area contributed by atoms with Gasteiger partial charge in [-0.15, -0.1) is 5.10 Å². The molecule has 0 aliphatic rings. The van der Waals surface area contributed by atoms with Gasteiger partial charge in [0.25, 0.3) is 0 Å². The zero-order valence-electron chi connectivity index (χ0n) is 15.5. The van der Waals surface area contributed by atoms with Gasteiger partial charge in [-0.2, -0.15) is 0 Å². The second-order valence-electron chi connectivity index (χ2n) is 6.66. The molecule has 30 heavy (non-hydrogen) atoms. The number of halogens is 1. The van der Waals surface area contributed by atoms with Crippen molar-refractivity contribution in [1.82, 2.24) is 25.0 Å². The van der Waals surface area contributed by atoms with Gasteiger partial charge in [-0.05, 0) is 48.5 Å². The molecule has 0 bridgehead atoms. The zero-order valence-corrected chi connectivity index (χ0v) is 15.5. The van der Waals surface area contributed by atoms with Crippen molar-refractivity contribution in [2.45, 2.75) is 0 Å². The summed E-state index contributed by atoms with van der Waals surface area (Å²) >= 11 is 0. The van der Waals surface area contributed by atoms with Crippen LogP contribution in [0.25, 0.3) is 39.2 Å². The summed E-state index contributed by atoms with van der Waals surface area (Å²) in [5.41, 5.74) is 4.55. The van der Waals surface area contributed by atoms with Crippen molar-refractivity contribution in [2.24, 2.45) is 0 Å². The Morgan fingerprint density at radius 1 is 0.967 bits per heavy atom. The van der Waals surface area contributed by atoms with Crippen LogP contribution in [0.15, 0.2) is 72.8 Å². The first-order valence-electron chi connectivity index (χ1n) is 9.10. The van der Waals surface area contributed by atoms with Crippen LogP contribution in [-0.2, 0) is 0 Å². The lowest BCUT2D eigenvalue weighted by Gasteiger charge is -2.05. The molecule has 5 rings (SSSR count). The minimum absolute atomic E-state index is 0.195. The first-order valence-corrected chi connectivity index (χ1v) is 9.10. The number of benzene rings is 3. The molecule has 0 aliphatic heterocycles. The Morgan fingerprint density at radius 3 is 2.43 bits per heavy atom. The van der Waals surface area contributed by atoms with Crippen molar-refractivity contribution in [3.8, 4) is 28.2 Å². The first kappa shape index (κ1) is 17.7. The van der Waals surface area contributed by atoms with Crippen LogP contribution < -0.4 is 0 Å². The number of imidazole rings is 1. The summed E-state index contributed by atoms with van der Waals surface area (Å²) in [6.45, 7) is 0. The number of hydrogen-bond acceptors (Lipinski definition) is 4. The standard InChI is InChI=1S/C22H14FN5O2/c23-15-9-6-13(7-10-15)19-20(25-21(24-19)22(29)30)14-8-11-17-18(12-14)28(27-26-17)16-4-2-1-3-5-16/h1-12H,(H,24,25)(H,29,30). The number of carbonyl (C=O) groups is 1. The quantitative estimate of drug-likeness (QED) is 0.469. The molecule has 7 nitrogen and oxygen atoms in total. The Morgan fingerprint density at radius 2 is 1.70 bits per heavy atom. The van der Waals surface area contributed by atoms with E-state index in [-0.39, 0.29) is 11.6 Å². The summed E-state index contributed by atoms with van der Waals surface area (Å²) in [5.74, 6) is -1.75. The molecule has 3 aromatic carbocycles. The van der Waals surface area contributed by atoms with Gasteiger partial charge in [0.2, 0.25) is 5.82 Å². The van der Waals surface area contributed by atoms with Crippen LogP contribution in [-0.4, -0.2) is 36.0 Å². The Kier molecular flexibility index (Phi) is 4.10. The molecule has 0 amide bonds. The number of hydrogen-bond donors (Lipinski definition) is 2. The molecule has 5 aromatic rings. The summed E-state index contributed by atoms with van der Waals surface area (Å²) in [6.07, 6.45) is 0. The van der Waals surface area contributed by atoms with Gasteiger partial charge in [0.1, 0.15) is 11.3 Å². The Bertz CT molecular complexity index is 1370. The molecule has 8 heteroatoms. The van der Waals surface area contributed by atoms with Crippen LogP contribution in [0.4, 0.5) is 4.39 Å². The molecule has 0 spiro atoms. The molecular weight excluding hydrogens is 385 g/mol. The van der Waals surface area contributed by atoms with Gasteiger partial charge in [0.05, 0.1) is 22.6 Å². The lowest BCUT2D eigenvalue weighted by molar-refractivity contribution is 0.0685. The van der Waals surface area contributed by atoms with E-state index in [9.17, 15) is 14.3 Å². The fourth-order valence-corrected chi connectivity index (χ4v) is 3.33. The second-order valence-corrected chi connectivity index (χ2v) is 6.66. The highest BCUT2D eigenvalue weighted by Gasteiger charge is 2.19. The van der Waals surface area contributed by atoms with Crippen LogP contribution in [0.5, 0.6) is 0 Å². The average molecular weight is 399 g/mol. The van der Waals surface area contributed by atoms with Gasteiger partial charge < -0.3 is 10.1 Å². The summed E-state index contributed by atoms with van der Waals surface area (Å²) < 4.78 is 15.1. The van der Waals surface area contributed by atoms with Crippen LogP contribution in [0.1, 0.15) is 10.6 Å². The van der Waals surface area contributed by atoms with Crippen LogP contribution in [0, 0.1) is 5.82 Å². The third-order valence-corrected chi connectivity index (χ3v) is 4.76. The molecule has 0 atom stereocenters. The van der Waals surface area contributed by atoms with Crippen molar-refractivity contribution in [3.05, 3.63) is 84.4 Å². The number of aromatic carboxylic acids is 1. The highest BCUT2D eigenvalue weighted by molar-refractivity contribution is 5.90. The van der Waals surface area contributed by atoms with Gasteiger partial charge in [0, 0.05) is 11.1 Å². The van der Waals surface area contributed by atoms with Crippen molar-refractivity contribution in [3.63, 3.8) is 0 Å². The van der Waals surface area contributed by atoms with E-state index in [2.05, 4.69) is 20.3 Å². The fraction of sp³-hybridized carbons (Fsp3) is 0. The smallest absolute Gasteiger partial charge is 0.371 e. The van der Waals surface area contributed by atoms with Crippen LogP contribution in [0.2, 0.25) is 0 Å². The van der Waals surface area contributed by atoms with Crippen molar-refractivity contribution in [2.75, 3.05) is 0 Å². The number of H-pyrrole nitrogens is 1. The van der Waals surface area contributed by atoms with E-state index in [1.54, 1.807) is 28.9 Å². The lowest BCUT2D eigenvalue weighted by Crippen LogP contribution is -1.98. The average Bonchev–Trinajstić information content (AvgIpc) is 3.39. The normalized spacial score (nSPS) is 11.1. The maximum atomic E-state index is 13.4. The van der Waals surface area contributed by atoms with Gasteiger partial charge in [-0.1, -0.05) is 29.5 Å². The lowest BCUT2D eigenvalue weighted by atomic mass is 10.0. The van der Waals surface area contributed by atoms with Crippen molar-refractivity contribution >= 4 is 17.0 Å². The molecule has 0 aliphatic carbocycles. The van der Waals surface area contributed by atoms with E-state index in [1.807, 2.05) is 36.4 Å². The molecule has 146 valence electrons. The van der Waals surface area contributed by atoms with Gasteiger partial charge >= 0.3 is 5.97 Å². The zero-order chi connectivity index (χ0) is 20.7. The van der Waals surface area contributed by atoms with Gasteiger partial charge in [-0.25, -0.2) is 18.9 Å². The van der Waals surface area contributed by atoms with Crippen molar-refractivity contribution < 1.29 is 14.3 Å².